The first-order chi connectivity index (χ1) is 13.4. The number of carbonyl (C=O) groups is 2. The van der Waals surface area contributed by atoms with Gasteiger partial charge < -0.3 is 9.80 Å². The Morgan fingerprint density at radius 2 is 1.46 bits per heavy atom. The highest BCUT2D eigenvalue weighted by molar-refractivity contribution is 6.09. The topological polar surface area (TPSA) is 40.6 Å². The van der Waals surface area contributed by atoms with Gasteiger partial charge >= 0.3 is 0 Å². The lowest BCUT2D eigenvalue weighted by atomic mass is 9.58. The molecule has 4 nitrogen and oxygen atoms in total. The maximum absolute atomic E-state index is 13.4. The van der Waals surface area contributed by atoms with E-state index in [9.17, 15) is 9.59 Å². The van der Waals surface area contributed by atoms with Crippen LogP contribution in [0.25, 0.3) is 0 Å². The Morgan fingerprint density at radius 3 is 1.96 bits per heavy atom. The van der Waals surface area contributed by atoms with Gasteiger partial charge in [0.05, 0.1) is 5.41 Å². The van der Waals surface area contributed by atoms with Crippen LogP contribution in [0.1, 0.15) is 90.9 Å². The maximum Gasteiger partial charge on any atom is 0.147 e. The maximum atomic E-state index is 13.4. The van der Waals surface area contributed by atoms with Gasteiger partial charge in [0.1, 0.15) is 11.6 Å². The summed E-state index contributed by atoms with van der Waals surface area (Å²) in [5.41, 5.74) is -0.709. The predicted octanol–water partition coefficient (Wildman–Crippen LogP) is 4.71. The second-order valence-electron chi connectivity index (χ2n) is 9.88. The first-order valence-corrected chi connectivity index (χ1v) is 11.8. The van der Waals surface area contributed by atoms with Crippen molar-refractivity contribution in [2.75, 3.05) is 40.3 Å². The summed E-state index contributed by atoms with van der Waals surface area (Å²) in [6.45, 7) is 8.55. The van der Waals surface area contributed by atoms with Gasteiger partial charge in [-0.25, -0.2) is 0 Å². The molecule has 0 bridgehead atoms. The minimum atomic E-state index is -0.645. The van der Waals surface area contributed by atoms with Gasteiger partial charge in [-0.3, -0.25) is 9.59 Å². The first kappa shape index (κ1) is 23.5. The van der Waals surface area contributed by atoms with Gasteiger partial charge in [0.2, 0.25) is 0 Å². The van der Waals surface area contributed by atoms with Crippen LogP contribution in [0.2, 0.25) is 0 Å². The van der Waals surface area contributed by atoms with Gasteiger partial charge in [-0.05, 0) is 64.8 Å². The summed E-state index contributed by atoms with van der Waals surface area (Å²) in [7, 11) is 4.22. The number of carbonyl (C=O) groups excluding carboxylic acids is 2. The van der Waals surface area contributed by atoms with Crippen LogP contribution in [0.4, 0.5) is 0 Å². The van der Waals surface area contributed by atoms with E-state index in [4.69, 9.17) is 0 Å². The summed E-state index contributed by atoms with van der Waals surface area (Å²) in [4.78, 5) is 31.6. The number of rotatable bonds is 12. The smallest absolute Gasteiger partial charge is 0.147 e. The number of nitrogens with zero attached hydrogens (tertiary/aromatic N) is 2. The largest absolute Gasteiger partial charge is 0.309 e. The summed E-state index contributed by atoms with van der Waals surface area (Å²) in [5, 5.41) is 0. The molecular formula is C24H44N2O2. The molecule has 28 heavy (non-hydrogen) atoms. The van der Waals surface area contributed by atoms with Gasteiger partial charge in [0, 0.05) is 19.4 Å². The number of unbranched alkanes of at least 4 members (excludes halogenated alkanes) is 4. The molecule has 1 aliphatic heterocycles. The lowest BCUT2D eigenvalue weighted by Gasteiger charge is -2.43. The minimum Gasteiger partial charge on any atom is -0.309 e. The fourth-order valence-corrected chi connectivity index (χ4v) is 5.39. The summed E-state index contributed by atoms with van der Waals surface area (Å²) in [5.74, 6) is 0.567. The molecule has 1 saturated carbocycles. The van der Waals surface area contributed by atoms with E-state index in [-0.39, 0.29) is 17.0 Å². The molecule has 0 N–H and O–H groups in total. The summed E-state index contributed by atoms with van der Waals surface area (Å²) in [6, 6.07) is 0. The number of ketones is 2. The van der Waals surface area contributed by atoms with Crippen molar-refractivity contribution in [3.63, 3.8) is 0 Å². The van der Waals surface area contributed by atoms with E-state index in [0.29, 0.717) is 12.8 Å². The molecule has 0 aromatic heterocycles. The molecule has 0 unspecified atom stereocenters. The van der Waals surface area contributed by atoms with E-state index in [1.54, 1.807) is 0 Å². The highest BCUT2D eigenvalue weighted by Crippen LogP contribution is 2.50. The summed E-state index contributed by atoms with van der Waals surface area (Å²) in [6.07, 6.45) is 11.6. The SMILES string of the molecule is CCCCCC1(CCCCC)C(=O)CC2(CCN(CCCN(C)C)C2)CC1=O. The molecule has 1 spiro atoms. The van der Waals surface area contributed by atoms with E-state index in [1.165, 1.54) is 0 Å². The zero-order valence-corrected chi connectivity index (χ0v) is 19.0. The molecular weight excluding hydrogens is 348 g/mol. The molecule has 0 atom stereocenters. The van der Waals surface area contributed by atoms with Crippen molar-refractivity contribution in [1.29, 1.82) is 0 Å². The van der Waals surface area contributed by atoms with E-state index in [2.05, 4.69) is 37.7 Å². The summed E-state index contributed by atoms with van der Waals surface area (Å²) < 4.78 is 0. The Balaban J connectivity index is 2.01. The van der Waals surface area contributed by atoms with Gasteiger partial charge in [-0.2, -0.15) is 0 Å². The van der Waals surface area contributed by atoms with Crippen LogP contribution >= 0.6 is 0 Å². The third-order valence-corrected chi connectivity index (χ3v) is 7.15. The highest BCUT2D eigenvalue weighted by Gasteiger charge is 2.55. The van der Waals surface area contributed by atoms with E-state index < -0.39 is 5.41 Å². The molecule has 1 aliphatic carbocycles. The average molecular weight is 393 g/mol. The summed E-state index contributed by atoms with van der Waals surface area (Å²) >= 11 is 0. The second kappa shape index (κ2) is 10.9. The fraction of sp³-hybridized carbons (Fsp3) is 0.917. The zero-order chi connectivity index (χ0) is 20.6. The van der Waals surface area contributed by atoms with Crippen LogP contribution in [0.5, 0.6) is 0 Å². The van der Waals surface area contributed by atoms with Crippen LogP contribution in [-0.2, 0) is 9.59 Å². The minimum absolute atomic E-state index is 0.0642. The molecule has 2 fully saturated rings. The third kappa shape index (κ3) is 5.89. The molecule has 1 heterocycles. The Kier molecular flexibility index (Phi) is 9.14. The Bertz CT molecular complexity index is 485. The molecule has 4 heteroatoms. The molecule has 2 aliphatic rings. The third-order valence-electron chi connectivity index (χ3n) is 7.15. The average Bonchev–Trinajstić information content (AvgIpc) is 3.01. The molecule has 0 aromatic rings. The number of hydrogen-bond acceptors (Lipinski definition) is 4. The van der Waals surface area contributed by atoms with Crippen molar-refractivity contribution in [3.05, 3.63) is 0 Å². The Labute approximate surface area is 173 Å². The Hall–Kier alpha value is -0.740. The van der Waals surface area contributed by atoms with Crippen LogP contribution in [-0.4, -0.2) is 61.6 Å². The van der Waals surface area contributed by atoms with Crippen LogP contribution in [0.15, 0.2) is 0 Å². The van der Waals surface area contributed by atoms with Gasteiger partial charge in [-0.1, -0.05) is 52.4 Å². The van der Waals surface area contributed by atoms with Crippen molar-refractivity contribution in [2.45, 2.75) is 90.9 Å². The Morgan fingerprint density at radius 1 is 0.893 bits per heavy atom. The first-order valence-electron chi connectivity index (χ1n) is 11.8. The van der Waals surface area contributed by atoms with E-state index in [0.717, 1.165) is 90.4 Å². The standard InChI is InChI=1S/C24H44N2O2/c1-5-7-9-12-24(13-10-8-6-2)21(27)18-23(19-22(24)28)14-17-26(20-23)16-11-15-25(3)4/h5-20H2,1-4H3. The van der Waals surface area contributed by atoms with Crippen LogP contribution in [0.3, 0.4) is 0 Å². The van der Waals surface area contributed by atoms with Crippen molar-refractivity contribution >= 4 is 11.6 Å². The quantitative estimate of drug-likeness (QED) is 0.356. The number of Topliss-reactive ketones (excluding diaryl/α,β-unsaturated/α-hetero) is 2. The molecule has 0 aromatic carbocycles. The molecule has 0 amide bonds. The molecule has 162 valence electrons. The van der Waals surface area contributed by atoms with E-state index in [1.807, 2.05) is 0 Å². The lowest BCUT2D eigenvalue weighted by molar-refractivity contribution is -0.150. The van der Waals surface area contributed by atoms with Crippen molar-refractivity contribution in [1.82, 2.24) is 9.80 Å². The van der Waals surface area contributed by atoms with Gasteiger partial charge in [0.25, 0.3) is 0 Å². The van der Waals surface area contributed by atoms with Crippen LogP contribution < -0.4 is 0 Å². The van der Waals surface area contributed by atoms with Gasteiger partial charge in [-0.15, -0.1) is 0 Å². The monoisotopic (exact) mass is 392 g/mol. The normalized spacial score (nSPS) is 21.9. The highest BCUT2D eigenvalue weighted by atomic mass is 16.2. The molecule has 1 saturated heterocycles. The second-order valence-corrected chi connectivity index (χ2v) is 9.88. The van der Waals surface area contributed by atoms with Crippen molar-refractivity contribution < 1.29 is 9.59 Å². The zero-order valence-electron chi connectivity index (χ0n) is 19.0. The number of likely N-dealkylation sites (tertiary alicyclic amines) is 1. The van der Waals surface area contributed by atoms with Crippen molar-refractivity contribution in [3.8, 4) is 0 Å². The molecule has 2 rings (SSSR count). The van der Waals surface area contributed by atoms with Crippen LogP contribution in [0, 0.1) is 10.8 Å². The predicted molar refractivity (Wildman–Crippen MR) is 117 cm³/mol. The van der Waals surface area contributed by atoms with Gasteiger partial charge in [0.15, 0.2) is 0 Å². The molecule has 0 radical (unpaired) electrons. The van der Waals surface area contributed by atoms with Crippen molar-refractivity contribution in [2.24, 2.45) is 10.8 Å². The number of hydrogen-bond donors (Lipinski definition) is 0. The fourth-order valence-electron chi connectivity index (χ4n) is 5.39. The lowest BCUT2D eigenvalue weighted by Crippen LogP contribution is -2.50. The van der Waals surface area contributed by atoms with E-state index >= 15 is 0 Å².